The van der Waals surface area contributed by atoms with Gasteiger partial charge in [0.05, 0.1) is 0 Å². The molecule has 20 heavy (non-hydrogen) atoms. The summed E-state index contributed by atoms with van der Waals surface area (Å²) < 4.78 is 0. The van der Waals surface area contributed by atoms with Crippen molar-refractivity contribution < 1.29 is 17.3 Å². The molecule has 0 unspecified atom stereocenters. The molecule has 2 aliphatic rings. The van der Waals surface area contributed by atoms with Crippen molar-refractivity contribution in [3.63, 3.8) is 0 Å². The maximum absolute atomic E-state index is 4.57. The van der Waals surface area contributed by atoms with Gasteiger partial charge in [-0.1, -0.05) is 57.4 Å². The fourth-order valence-electron chi connectivity index (χ4n) is 2.28. The van der Waals surface area contributed by atoms with Crippen LogP contribution in [0.5, 0.6) is 0 Å². The van der Waals surface area contributed by atoms with Gasteiger partial charge in [-0.15, -0.1) is 6.92 Å². The van der Waals surface area contributed by atoms with Crippen LogP contribution in [0.2, 0.25) is 0 Å². The Labute approximate surface area is 139 Å². The third kappa shape index (κ3) is 7.05. The monoisotopic (exact) mass is 380 g/mol. The number of halogens is 1. The van der Waals surface area contributed by atoms with E-state index in [1.807, 2.05) is 17.3 Å². The van der Waals surface area contributed by atoms with Crippen molar-refractivity contribution in [2.75, 3.05) is 0 Å². The van der Waals surface area contributed by atoms with Crippen LogP contribution in [-0.4, -0.2) is 0 Å². The van der Waals surface area contributed by atoms with Gasteiger partial charge in [0.1, 0.15) is 0 Å². The van der Waals surface area contributed by atoms with E-state index in [9.17, 15) is 0 Å². The fourth-order valence-corrected chi connectivity index (χ4v) is 2.28. The maximum atomic E-state index is 4.57. The van der Waals surface area contributed by atoms with Crippen molar-refractivity contribution in [1.29, 1.82) is 0 Å². The summed E-state index contributed by atoms with van der Waals surface area (Å²) in [6, 6.07) is 0. The van der Waals surface area contributed by atoms with Crippen LogP contribution in [0.1, 0.15) is 60.3 Å². The van der Waals surface area contributed by atoms with E-state index in [1.165, 1.54) is 42.4 Å². The third-order valence-corrected chi connectivity index (χ3v) is 3.94. The molecule has 0 aromatic heterocycles. The average molecular weight is 380 g/mol. The average Bonchev–Trinajstić information content (AvgIpc) is 2.55. The minimum atomic E-state index is 0.189. The van der Waals surface area contributed by atoms with Crippen molar-refractivity contribution >= 4 is 9.69 Å². The van der Waals surface area contributed by atoms with E-state index in [-0.39, 0.29) is 5.41 Å². The molecule has 0 aromatic rings. The first-order valence-electron chi connectivity index (χ1n) is 7.20. The first-order chi connectivity index (χ1) is 9.45. The Kier molecular flexibility index (Phi) is 10.5. The van der Waals surface area contributed by atoms with E-state index in [2.05, 4.69) is 74.7 Å². The summed E-state index contributed by atoms with van der Waals surface area (Å²) >= 11 is 1.82. The summed E-state index contributed by atoms with van der Waals surface area (Å²) in [5, 5.41) is 0. The van der Waals surface area contributed by atoms with Crippen LogP contribution in [0.3, 0.4) is 0 Å². The van der Waals surface area contributed by atoms with E-state index in [0.717, 1.165) is 0 Å². The summed E-state index contributed by atoms with van der Waals surface area (Å²) in [4.78, 5) is 0. The quantitative estimate of drug-likeness (QED) is 0.334. The van der Waals surface area contributed by atoms with Gasteiger partial charge in [-0.2, -0.15) is 11.1 Å². The molecule has 2 aliphatic carbocycles. The molecular formula is C18H27ClRu. The Bertz CT molecular complexity index is 384. The zero-order valence-electron chi connectivity index (χ0n) is 13.4. The zero-order valence-corrected chi connectivity index (χ0v) is 15.9. The molecule has 0 radical (unpaired) electrons. The van der Waals surface area contributed by atoms with E-state index >= 15 is 0 Å². The Balaban J connectivity index is 0.000000327. The van der Waals surface area contributed by atoms with Gasteiger partial charge in [0.15, 0.2) is 0 Å². The van der Waals surface area contributed by atoms with Gasteiger partial charge >= 0.3 is 27.0 Å². The number of hydrogen-bond donors (Lipinski definition) is 0. The van der Waals surface area contributed by atoms with Crippen molar-refractivity contribution in [2.24, 2.45) is 5.41 Å². The SMILES string of the molecule is C1=CCCCCC=C1.CC1=[C-]C(C)(C)C(C)=C1C.[Cl][Ru+]. The van der Waals surface area contributed by atoms with E-state index in [4.69, 9.17) is 0 Å². The topological polar surface area (TPSA) is 0 Å². The first kappa shape index (κ1) is 19.9. The second-order valence-electron chi connectivity index (χ2n) is 5.77. The summed E-state index contributed by atoms with van der Waals surface area (Å²) in [5.74, 6) is 0. The third-order valence-electron chi connectivity index (χ3n) is 3.94. The second kappa shape index (κ2) is 10.6. The second-order valence-corrected chi connectivity index (χ2v) is 5.77. The van der Waals surface area contributed by atoms with Crippen molar-refractivity contribution in [2.45, 2.75) is 60.3 Å². The fraction of sp³-hybridized carbons (Fsp3) is 0.556. The van der Waals surface area contributed by atoms with Crippen LogP contribution in [0.25, 0.3) is 0 Å². The number of rotatable bonds is 0. The molecule has 0 N–H and O–H groups in total. The van der Waals surface area contributed by atoms with Crippen molar-refractivity contribution in [3.8, 4) is 0 Å². The molecule has 114 valence electrons. The van der Waals surface area contributed by atoms with Crippen LogP contribution in [0.15, 0.2) is 41.0 Å². The van der Waals surface area contributed by atoms with Crippen LogP contribution >= 0.6 is 9.69 Å². The zero-order chi connectivity index (χ0) is 15.6. The van der Waals surface area contributed by atoms with Gasteiger partial charge in [0, 0.05) is 0 Å². The van der Waals surface area contributed by atoms with E-state index in [0.29, 0.717) is 0 Å². The van der Waals surface area contributed by atoms with Crippen molar-refractivity contribution in [1.82, 2.24) is 0 Å². The molecule has 0 amide bonds. The normalized spacial score (nSPS) is 20.1. The molecular weight excluding hydrogens is 353 g/mol. The van der Waals surface area contributed by atoms with E-state index < -0.39 is 0 Å². The number of allylic oxidation sites excluding steroid dienone is 8. The molecule has 0 aliphatic heterocycles. The van der Waals surface area contributed by atoms with Gasteiger partial charge in [0.2, 0.25) is 0 Å². The molecule has 0 nitrogen and oxygen atoms in total. The van der Waals surface area contributed by atoms with E-state index in [1.54, 1.807) is 0 Å². The van der Waals surface area contributed by atoms with Crippen LogP contribution in [0, 0.1) is 11.5 Å². The minimum absolute atomic E-state index is 0.189. The molecule has 2 rings (SSSR count). The van der Waals surface area contributed by atoms with Crippen LogP contribution in [-0.2, 0) is 17.3 Å². The molecule has 0 atom stereocenters. The molecule has 0 saturated heterocycles. The van der Waals surface area contributed by atoms with Crippen LogP contribution < -0.4 is 0 Å². The number of hydrogen-bond acceptors (Lipinski definition) is 0. The molecule has 0 heterocycles. The van der Waals surface area contributed by atoms with Gasteiger partial charge in [-0.3, -0.25) is 6.08 Å². The Morgan fingerprint density at radius 3 is 1.70 bits per heavy atom. The first-order valence-corrected chi connectivity index (χ1v) is 9.44. The molecule has 0 aromatic carbocycles. The molecule has 0 bridgehead atoms. The van der Waals surface area contributed by atoms with Gasteiger partial charge in [-0.05, 0) is 25.7 Å². The van der Waals surface area contributed by atoms with Gasteiger partial charge < -0.3 is 0 Å². The molecule has 0 spiro atoms. The summed E-state index contributed by atoms with van der Waals surface area (Å²) in [7, 11) is 4.57. The Morgan fingerprint density at radius 1 is 1.00 bits per heavy atom. The Morgan fingerprint density at radius 2 is 1.45 bits per heavy atom. The molecule has 0 fully saturated rings. The van der Waals surface area contributed by atoms with Gasteiger partial charge in [-0.25, -0.2) is 5.57 Å². The van der Waals surface area contributed by atoms with Crippen molar-refractivity contribution in [3.05, 3.63) is 47.1 Å². The van der Waals surface area contributed by atoms with Gasteiger partial charge in [0.25, 0.3) is 0 Å². The molecule has 2 heteroatoms. The predicted molar refractivity (Wildman–Crippen MR) is 87.2 cm³/mol. The Hall–Kier alpha value is -0.127. The predicted octanol–water partition coefficient (Wildman–Crippen LogP) is 6.47. The van der Waals surface area contributed by atoms with Crippen LogP contribution in [0.4, 0.5) is 0 Å². The standard InChI is InChI=1S/C10H15.C8H12.ClH.Ru/c1-7-6-10(4,5)9(3)8(7)2;1-2-4-6-8-7-5-3-1;;/h1-5H3;1-4H,5-8H2;1H;/q-1;;;+2/p-1. The summed E-state index contributed by atoms with van der Waals surface area (Å²) in [5.41, 5.74) is 4.39. The molecule has 0 saturated carbocycles. The summed E-state index contributed by atoms with van der Waals surface area (Å²) in [6.45, 7) is 10.9. The summed E-state index contributed by atoms with van der Waals surface area (Å²) in [6.07, 6.45) is 17.4.